The van der Waals surface area contributed by atoms with Crippen LogP contribution in [0.15, 0.2) is 12.2 Å². The van der Waals surface area contributed by atoms with Gasteiger partial charge in [-0.25, -0.2) is 0 Å². The van der Waals surface area contributed by atoms with E-state index >= 15 is 0 Å². The van der Waals surface area contributed by atoms with Gasteiger partial charge in [-0.1, -0.05) is 12.2 Å². The number of epoxide rings is 1. The van der Waals surface area contributed by atoms with Crippen molar-refractivity contribution in [3.05, 3.63) is 12.2 Å². The van der Waals surface area contributed by atoms with E-state index in [2.05, 4.69) is 4.74 Å². The van der Waals surface area contributed by atoms with Gasteiger partial charge in [0.05, 0.1) is 19.1 Å². The van der Waals surface area contributed by atoms with Gasteiger partial charge in [0.25, 0.3) is 0 Å². The predicted molar refractivity (Wildman–Crippen MR) is 50.9 cm³/mol. The first-order chi connectivity index (χ1) is 6.74. The molecule has 1 heterocycles. The number of ether oxygens (including phenoxy) is 1. The van der Waals surface area contributed by atoms with Crippen LogP contribution in [-0.4, -0.2) is 35.5 Å². The molecule has 1 fully saturated rings. The van der Waals surface area contributed by atoms with Gasteiger partial charge in [0.15, 0.2) is 0 Å². The van der Waals surface area contributed by atoms with Gasteiger partial charge in [-0.3, -0.25) is 4.79 Å². The van der Waals surface area contributed by atoms with Gasteiger partial charge in [0, 0.05) is 0 Å². The topological polar surface area (TPSA) is 70.1 Å². The molecule has 0 radical (unpaired) electrons. The molecule has 4 heteroatoms. The maximum absolute atomic E-state index is 10.3. The van der Waals surface area contributed by atoms with E-state index in [9.17, 15) is 4.79 Å². The van der Waals surface area contributed by atoms with Crippen LogP contribution >= 0.6 is 0 Å². The smallest absolute Gasteiger partial charge is 0.306 e. The Morgan fingerprint density at radius 3 is 2.43 bits per heavy atom. The van der Waals surface area contributed by atoms with Crippen LogP contribution < -0.4 is 0 Å². The minimum Gasteiger partial charge on any atom is -0.481 e. The molecule has 1 aliphatic carbocycles. The molecule has 2 aliphatic rings. The Morgan fingerprint density at radius 1 is 1.50 bits per heavy atom. The molecule has 0 aromatic rings. The fraction of sp³-hybridized carbons (Fsp3) is 0.700. The average molecular weight is 200 g/mol. The molecule has 0 spiro atoms. The highest BCUT2D eigenvalue weighted by atomic mass is 16.6. The first-order valence-corrected chi connectivity index (χ1v) is 4.84. The lowest BCUT2D eigenvalue weighted by atomic mass is 9.95. The van der Waals surface area contributed by atoms with E-state index in [1.807, 2.05) is 12.2 Å². The molecule has 2 unspecified atom stereocenters. The lowest BCUT2D eigenvalue weighted by Gasteiger charge is -2.11. The van der Waals surface area contributed by atoms with Crippen LogP contribution in [0.2, 0.25) is 0 Å². The molecular formula is C10H16O4. The first kappa shape index (κ1) is 11.2. The fourth-order valence-electron chi connectivity index (χ4n) is 1.19. The lowest BCUT2D eigenvalue weighted by Crippen LogP contribution is -2.13. The highest BCUT2D eigenvalue weighted by Crippen LogP contribution is 2.17. The molecule has 80 valence electrons. The summed E-state index contributed by atoms with van der Waals surface area (Å²) in [6.07, 6.45) is 6.63. The van der Waals surface area contributed by atoms with E-state index in [0.717, 1.165) is 25.9 Å². The van der Waals surface area contributed by atoms with Crippen LogP contribution in [0.3, 0.4) is 0 Å². The Bertz CT molecular complexity index is 208. The zero-order valence-electron chi connectivity index (χ0n) is 8.06. The number of carboxylic acid groups (broad SMARTS) is 1. The molecule has 2 rings (SSSR count). The van der Waals surface area contributed by atoms with Crippen LogP contribution in [0.4, 0.5) is 0 Å². The molecule has 1 saturated heterocycles. The van der Waals surface area contributed by atoms with Crippen molar-refractivity contribution in [1.82, 2.24) is 0 Å². The number of aliphatic hydroxyl groups is 1. The van der Waals surface area contributed by atoms with E-state index in [1.54, 1.807) is 0 Å². The van der Waals surface area contributed by atoms with E-state index in [0.29, 0.717) is 0 Å². The third-order valence-electron chi connectivity index (χ3n) is 2.22. The number of hydrogen-bond acceptors (Lipinski definition) is 3. The maximum Gasteiger partial charge on any atom is 0.306 e. The highest BCUT2D eigenvalue weighted by Gasteiger charge is 2.19. The predicted octanol–water partition coefficient (Wildman–Crippen LogP) is 0.805. The Morgan fingerprint density at radius 2 is 2.21 bits per heavy atom. The van der Waals surface area contributed by atoms with Gasteiger partial charge in [0.2, 0.25) is 0 Å². The number of aliphatic carboxylic acids is 1. The van der Waals surface area contributed by atoms with E-state index in [4.69, 9.17) is 10.2 Å². The Balaban J connectivity index is 0.000000165. The van der Waals surface area contributed by atoms with Gasteiger partial charge in [-0.05, 0) is 19.3 Å². The first-order valence-electron chi connectivity index (χ1n) is 4.84. The summed E-state index contributed by atoms with van der Waals surface area (Å²) in [6.45, 7) is 0.955. The van der Waals surface area contributed by atoms with Crippen molar-refractivity contribution in [2.75, 3.05) is 13.2 Å². The third-order valence-corrected chi connectivity index (χ3v) is 2.22. The van der Waals surface area contributed by atoms with Crippen LogP contribution in [0, 0.1) is 5.92 Å². The van der Waals surface area contributed by atoms with Gasteiger partial charge >= 0.3 is 5.97 Å². The Kier molecular flexibility index (Phi) is 4.62. The molecular weight excluding hydrogens is 184 g/mol. The van der Waals surface area contributed by atoms with Gasteiger partial charge < -0.3 is 14.9 Å². The summed E-state index contributed by atoms with van der Waals surface area (Å²) < 4.78 is 4.61. The summed E-state index contributed by atoms with van der Waals surface area (Å²) in [7, 11) is 0. The monoisotopic (exact) mass is 200 g/mol. The van der Waals surface area contributed by atoms with Crippen molar-refractivity contribution in [1.29, 1.82) is 0 Å². The van der Waals surface area contributed by atoms with Crippen LogP contribution in [-0.2, 0) is 9.53 Å². The molecule has 2 N–H and O–H groups in total. The largest absolute Gasteiger partial charge is 0.481 e. The van der Waals surface area contributed by atoms with Crippen LogP contribution in [0.1, 0.15) is 19.3 Å². The van der Waals surface area contributed by atoms with Crippen molar-refractivity contribution in [3.63, 3.8) is 0 Å². The zero-order valence-corrected chi connectivity index (χ0v) is 8.06. The molecule has 0 bridgehead atoms. The Labute approximate surface area is 83.2 Å². The van der Waals surface area contributed by atoms with Crippen LogP contribution in [0.5, 0.6) is 0 Å². The second-order valence-corrected chi connectivity index (χ2v) is 3.46. The van der Waals surface area contributed by atoms with E-state index < -0.39 is 5.97 Å². The molecule has 1 aliphatic heterocycles. The molecule has 4 nitrogen and oxygen atoms in total. The van der Waals surface area contributed by atoms with Crippen molar-refractivity contribution < 1.29 is 19.7 Å². The van der Waals surface area contributed by atoms with Crippen molar-refractivity contribution in [3.8, 4) is 0 Å². The minimum absolute atomic E-state index is 0.116. The molecule has 2 atom stereocenters. The number of aliphatic hydroxyl groups excluding tert-OH is 1. The summed E-state index contributed by atoms with van der Waals surface area (Å²) in [5, 5.41) is 16.6. The number of allylic oxidation sites excluding steroid dienone is 2. The number of hydrogen-bond donors (Lipinski definition) is 2. The summed E-state index contributed by atoms with van der Waals surface area (Å²) in [6, 6.07) is 0. The SMILES string of the molecule is O=C(O)C1CC=CCC1.OCC1CO1. The van der Waals surface area contributed by atoms with E-state index in [1.165, 1.54) is 0 Å². The standard InChI is InChI=1S/C7H10O2.C3H6O2/c8-7(9)6-4-2-1-3-5-6;4-1-3-2-5-3/h1-2,6H,3-5H2,(H,8,9);3-4H,1-2H2. The fourth-order valence-corrected chi connectivity index (χ4v) is 1.19. The zero-order chi connectivity index (χ0) is 10.4. The molecule has 0 aromatic heterocycles. The highest BCUT2D eigenvalue weighted by molar-refractivity contribution is 5.70. The summed E-state index contributed by atoms with van der Waals surface area (Å²) >= 11 is 0. The molecule has 0 saturated carbocycles. The van der Waals surface area contributed by atoms with Gasteiger partial charge in [0.1, 0.15) is 6.10 Å². The quantitative estimate of drug-likeness (QED) is 0.511. The Hall–Kier alpha value is -0.870. The average Bonchev–Trinajstić information content (AvgIpc) is 3.03. The van der Waals surface area contributed by atoms with Crippen molar-refractivity contribution in [2.24, 2.45) is 5.92 Å². The number of carbonyl (C=O) groups is 1. The molecule has 0 amide bonds. The van der Waals surface area contributed by atoms with Crippen molar-refractivity contribution in [2.45, 2.75) is 25.4 Å². The lowest BCUT2D eigenvalue weighted by molar-refractivity contribution is -0.141. The van der Waals surface area contributed by atoms with Crippen LogP contribution in [0.25, 0.3) is 0 Å². The summed E-state index contributed by atoms with van der Waals surface area (Å²) in [5.41, 5.74) is 0. The number of carboxylic acids is 1. The second kappa shape index (κ2) is 5.78. The third kappa shape index (κ3) is 4.39. The van der Waals surface area contributed by atoms with Crippen molar-refractivity contribution >= 4 is 5.97 Å². The number of rotatable bonds is 2. The minimum atomic E-state index is -0.653. The summed E-state index contributed by atoms with van der Waals surface area (Å²) in [5.74, 6) is -0.769. The van der Waals surface area contributed by atoms with E-state index in [-0.39, 0.29) is 18.6 Å². The van der Waals surface area contributed by atoms with Gasteiger partial charge in [-0.15, -0.1) is 0 Å². The molecule has 0 aromatic carbocycles. The summed E-state index contributed by atoms with van der Waals surface area (Å²) in [4.78, 5) is 10.3. The van der Waals surface area contributed by atoms with Gasteiger partial charge in [-0.2, -0.15) is 0 Å². The maximum atomic E-state index is 10.3. The second-order valence-electron chi connectivity index (χ2n) is 3.46. The molecule has 14 heavy (non-hydrogen) atoms. The normalized spacial score (nSPS) is 28.9.